The van der Waals surface area contributed by atoms with Gasteiger partial charge in [0.1, 0.15) is 11.5 Å². The van der Waals surface area contributed by atoms with E-state index < -0.39 is 0 Å². The van der Waals surface area contributed by atoms with Gasteiger partial charge in [-0.05, 0) is 25.1 Å². The van der Waals surface area contributed by atoms with Crippen LogP contribution in [0.2, 0.25) is 0 Å². The fourth-order valence-electron chi connectivity index (χ4n) is 1.96. The summed E-state index contributed by atoms with van der Waals surface area (Å²) in [6, 6.07) is 9.98. The molecule has 0 bridgehead atoms. The van der Waals surface area contributed by atoms with E-state index in [1.807, 2.05) is 30.3 Å². The minimum atomic E-state index is 0.744. The largest absolute Gasteiger partial charge is 0.496 e. The van der Waals surface area contributed by atoms with Crippen LogP contribution in [-0.4, -0.2) is 13.7 Å². The van der Waals surface area contributed by atoms with Crippen molar-refractivity contribution in [3.8, 4) is 16.9 Å². The molecule has 3 heteroatoms. The minimum absolute atomic E-state index is 0.744. The standard InChI is InChI=1S/C15H19NO2/c1-3-9-16-11-15-13(8-10-18-15)12-6-4-5-7-14(12)17-2/h4-8,10,16H,3,9,11H2,1-2H3. The molecule has 2 rings (SSSR count). The Morgan fingerprint density at radius 3 is 2.78 bits per heavy atom. The van der Waals surface area contributed by atoms with Crippen LogP contribution in [0.25, 0.3) is 11.1 Å². The van der Waals surface area contributed by atoms with Gasteiger partial charge in [0.25, 0.3) is 0 Å². The summed E-state index contributed by atoms with van der Waals surface area (Å²) in [5.41, 5.74) is 2.16. The van der Waals surface area contributed by atoms with Crippen LogP contribution >= 0.6 is 0 Å². The van der Waals surface area contributed by atoms with Gasteiger partial charge in [-0.15, -0.1) is 0 Å². The Hall–Kier alpha value is -1.74. The van der Waals surface area contributed by atoms with Gasteiger partial charge < -0.3 is 14.5 Å². The first-order chi connectivity index (χ1) is 8.86. The van der Waals surface area contributed by atoms with Crippen LogP contribution in [0.4, 0.5) is 0 Å². The molecule has 3 nitrogen and oxygen atoms in total. The topological polar surface area (TPSA) is 34.4 Å². The zero-order valence-corrected chi connectivity index (χ0v) is 10.9. The van der Waals surface area contributed by atoms with E-state index in [4.69, 9.17) is 9.15 Å². The number of benzene rings is 1. The molecule has 96 valence electrons. The number of nitrogens with one attached hydrogen (secondary N) is 1. The summed E-state index contributed by atoms with van der Waals surface area (Å²) < 4.78 is 10.9. The predicted octanol–water partition coefficient (Wildman–Crippen LogP) is 3.45. The molecular formula is C15H19NO2. The van der Waals surface area contributed by atoms with Crippen molar-refractivity contribution in [1.82, 2.24) is 5.32 Å². The second-order valence-corrected chi connectivity index (χ2v) is 4.13. The molecule has 0 saturated heterocycles. The Morgan fingerprint density at radius 2 is 2.00 bits per heavy atom. The lowest BCUT2D eigenvalue weighted by molar-refractivity contribution is 0.416. The average molecular weight is 245 g/mol. The predicted molar refractivity (Wildman–Crippen MR) is 72.7 cm³/mol. The maximum Gasteiger partial charge on any atom is 0.126 e. The third-order valence-electron chi connectivity index (χ3n) is 2.85. The molecule has 2 aromatic rings. The highest BCUT2D eigenvalue weighted by Crippen LogP contribution is 2.32. The summed E-state index contributed by atoms with van der Waals surface area (Å²) in [5, 5.41) is 3.35. The van der Waals surface area contributed by atoms with Crippen molar-refractivity contribution >= 4 is 0 Å². The maximum absolute atomic E-state index is 5.55. The fraction of sp³-hybridized carbons (Fsp3) is 0.333. The number of furan rings is 1. The summed E-state index contributed by atoms with van der Waals surface area (Å²) in [7, 11) is 1.69. The average Bonchev–Trinajstić information content (AvgIpc) is 2.87. The first-order valence-electron chi connectivity index (χ1n) is 6.27. The van der Waals surface area contributed by atoms with Crippen molar-refractivity contribution in [2.75, 3.05) is 13.7 Å². The van der Waals surface area contributed by atoms with Crippen LogP contribution in [0.5, 0.6) is 5.75 Å². The van der Waals surface area contributed by atoms with E-state index in [0.29, 0.717) is 0 Å². The SMILES string of the molecule is CCCNCc1occc1-c1ccccc1OC. The monoisotopic (exact) mass is 245 g/mol. The van der Waals surface area contributed by atoms with E-state index in [9.17, 15) is 0 Å². The zero-order chi connectivity index (χ0) is 12.8. The Bertz CT molecular complexity index is 491. The molecule has 0 aliphatic rings. The zero-order valence-electron chi connectivity index (χ0n) is 10.9. The first kappa shape index (κ1) is 12.7. The summed E-state index contributed by atoms with van der Waals surface area (Å²) >= 11 is 0. The van der Waals surface area contributed by atoms with Gasteiger partial charge in [0.2, 0.25) is 0 Å². The third kappa shape index (κ3) is 2.74. The molecule has 1 heterocycles. The van der Waals surface area contributed by atoms with Crippen molar-refractivity contribution in [3.63, 3.8) is 0 Å². The highest BCUT2D eigenvalue weighted by molar-refractivity contribution is 5.71. The number of rotatable bonds is 6. The maximum atomic E-state index is 5.55. The summed E-state index contributed by atoms with van der Waals surface area (Å²) in [6.45, 7) is 3.89. The van der Waals surface area contributed by atoms with Crippen LogP contribution in [0.15, 0.2) is 41.0 Å². The Balaban J connectivity index is 2.25. The number of hydrogen-bond donors (Lipinski definition) is 1. The quantitative estimate of drug-likeness (QED) is 0.791. The van der Waals surface area contributed by atoms with E-state index in [0.717, 1.165) is 42.1 Å². The summed E-state index contributed by atoms with van der Waals surface area (Å²) in [4.78, 5) is 0. The van der Waals surface area contributed by atoms with Crippen LogP contribution in [0.3, 0.4) is 0 Å². The van der Waals surface area contributed by atoms with Crippen LogP contribution in [0, 0.1) is 0 Å². The third-order valence-corrected chi connectivity index (χ3v) is 2.85. The summed E-state index contributed by atoms with van der Waals surface area (Å²) in [5.74, 6) is 1.82. The lowest BCUT2D eigenvalue weighted by atomic mass is 10.1. The van der Waals surface area contributed by atoms with Gasteiger partial charge in [0.15, 0.2) is 0 Å². The lowest BCUT2D eigenvalue weighted by Gasteiger charge is -2.08. The molecule has 1 N–H and O–H groups in total. The summed E-state index contributed by atoms with van der Waals surface area (Å²) in [6.07, 6.45) is 2.84. The Morgan fingerprint density at radius 1 is 1.17 bits per heavy atom. The van der Waals surface area contributed by atoms with Crippen molar-refractivity contribution in [1.29, 1.82) is 0 Å². The van der Waals surface area contributed by atoms with Crippen molar-refractivity contribution < 1.29 is 9.15 Å². The van der Waals surface area contributed by atoms with E-state index >= 15 is 0 Å². The second kappa shape index (κ2) is 6.26. The van der Waals surface area contributed by atoms with Gasteiger partial charge in [-0.2, -0.15) is 0 Å². The van der Waals surface area contributed by atoms with Gasteiger partial charge in [0.05, 0.1) is 19.9 Å². The molecule has 0 aliphatic carbocycles. The van der Waals surface area contributed by atoms with E-state index in [2.05, 4.69) is 12.2 Å². The van der Waals surface area contributed by atoms with Crippen molar-refractivity contribution in [2.24, 2.45) is 0 Å². The van der Waals surface area contributed by atoms with Crippen LogP contribution < -0.4 is 10.1 Å². The molecule has 0 fully saturated rings. The van der Waals surface area contributed by atoms with Crippen LogP contribution in [0.1, 0.15) is 19.1 Å². The number of para-hydroxylation sites is 1. The molecule has 1 aromatic carbocycles. The Kier molecular flexibility index (Phi) is 4.42. The highest BCUT2D eigenvalue weighted by Gasteiger charge is 2.12. The second-order valence-electron chi connectivity index (χ2n) is 4.13. The van der Waals surface area contributed by atoms with Crippen molar-refractivity contribution in [2.45, 2.75) is 19.9 Å². The van der Waals surface area contributed by atoms with Crippen molar-refractivity contribution in [3.05, 3.63) is 42.4 Å². The molecule has 0 amide bonds. The lowest BCUT2D eigenvalue weighted by Crippen LogP contribution is -2.13. The number of ether oxygens (including phenoxy) is 1. The first-order valence-corrected chi connectivity index (χ1v) is 6.27. The molecule has 0 saturated carbocycles. The normalized spacial score (nSPS) is 10.6. The molecule has 18 heavy (non-hydrogen) atoms. The van der Waals surface area contributed by atoms with Gasteiger partial charge in [-0.1, -0.05) is 25.1 Å². The highest BCUT2D eigenvalue weighted by atomic mass is 16.5. The molecule has 0 spiro atoms. The number of methoxy groups -OCH3 is 1. The Labute approximate surface area is 108 Å². The number of hydrogen-bond acceptors (Lipinski definition) is 3. The van der Waals surface area contributed by atoms with E-state index in [-0.39, 0.29) is 0 Å². The van der Waals surface area contributed by atoms with E-state index in [1.54, 1.807) is 13.4 Å². The molecule has 0 atom stereocenters. The smallest absolute Gasteiger partial charge is 0.126 e. The van der Waals surface area contributed by atoms with Gasteiger partial charge in [-0.3, -0.25) is 0 Å². The van der Waals surface area contributed by atoms with Gasteiger partial charge >= 0.3 is 0 Å². The fourth-order valence-corrected chi connectivity index (χ4v) is 1.96. The van der Waals surface area contributed by atoms with E-state index in [1.165, 1.54) is 0 Å². The molecule has 0 unspecified atom stereocenters. The molecular weight excluding hydrogens is 226 g/mol. The molecule has 0 aliphatic heterocycles. The molecule has 0 radical (unpaired) electrons. The van der Waals surface area contributed by atoms with Crippen LogP contribution in [-0.2, 0) is 6.54 Å². The minimum Gasteiger partial charge on any atom is -0.496 e. The van der Waals surface area contributed by atoms with Gasteiger partial charge in [-0.25, -0.2) is 0 Å². The molecule has 1 aromatic heterocycles. The van der Waals surface area contributed by atoms with Gasteiger partial charge in [0, 0.05) is 11.1 Å².